The summed E-state index contributed by atoms with van der Waals surface area (Å²) in [7, 11) is 0. The van der Waals surface area contributed by atoms with Crippen LogP contribution in [0.4, 0.5) is 0 Å². The molecule has 0 saturated heterocycles. The van der Waals surface area contributed by atoms with E-state index in [1.807, 2.05) is 0 Å². The predicted octanol–water partition coefficient (Wildman–Crippen LogP) is 6.14. The molecule has 104 valence electrons. The van der Waals surface area contributed by atoms with Crippen LogP contribution in [-0.2, 0) is 0 Å². The Balaban J connectivity index is 2.12. The summed E-state index contributed by atoms with van der Waals surface area (Å²) in [6.07, 6.45) is 0. The van der Waals surface area contributed by atoms with E-state index >= 15 is 0 Å². The van der Waals surface area contributed by atoms with Crippen LogP contribution >= 0.6 is 15.9 Å². The lowest BCUT2D eigenvalue weighted by atomic mass is 10.0. The molecule has 0 atom stereocenters. The van der Waals surface area contributed by atoms with E-state index in [4.69, 9.17) is 0 Å². The third-order valence-corrected chi connectivity index (χ3v) is 5.11. The molecule has 1 heterocycles. The van der Waals surface area contributed by atoms with E-state index in [9.17, 15) is 0 Å². The second-order valence-electron chi connectivity index (χ2n) is 5.60. The summed E-state index contributed by atoms with van der Waals surface area (Å²) in [4.78, 5) is 0. The molecule has 0 aliphatic rings. The maximum Gasteiger partial charge on any atom is 0.0548 e. The topological polar surface area (TPSA) is 4.93 Å². The molecule has 5 aromatic rings. The molecular formula is C20H12BrN. The highest BCUT2D eigenvalue weighted by atomic mass is 79.9. The molecule has 2 heteroatoms. The maximum absolute atomic E-state index is 3.70. The van der Waals surface area contributed by atoms with Gasteiger partial charge in [-0.05, 0) is 41.1 Å². The number of benzene rings is 4. The first kappa shape index (κ1) is 12.2. The van der Waals surface area contributed by atoms with Gasteiger partial charge in [0.15, 0.2) is 0 Å². The molecule has 0 unspecified atom stereocenters. The molecule has 0 aliphatic carbocycles. The molecular weight excluding hydrogens is 334 g/mol. The van der Waals surface area contributed by atoms with Gasteiger partial charge in [0.25, 0.3) is 0 Å². The first-order valence-electron chi connectivity index (χ1n) is 7.34. The van der Waals surface area contributed by atoms with Crippen LogP contribution in [-0.4, -0.2) is 4.57 Å². The summed E-state index contributed by atoms with van der Waals surface area (Å²) < 4.78 is 3.51. The van der Waals surface area contributed by atoms with E-state index in [1.54, 1.807) is 0 Å². The molecule has 0 amide bonds. The zero-order valence-electron chi connectivity index (χ0n) is 11.8. The van der Waals surface area contributed by atoms with Gasteiger partial charge in [0, 0.05) is 20.9 Å². The van der Waals surface area contributed by atoms with E-state index < -0.39 is 0 Å². The number of hydrogen-bond acceptors (Lipinski definition) is 0. The van der Waals surface area contributed by atoms with Gasteiger partial charge in [0.2, 0.25) is 0 Å². The van der Waals surface area contributed by atoms with Crippen molar-refractivity contribution in [1.82, 2.24) is 4.57 Å². The molecule has 4 aromatic carbocycles. The number of rotatable bonds is 1. The van der Waals surface area contributed by atoms with E-state index in [-0.39, 0.29) is 0 Å². The third-order valence-electron chi connectivity index (χ3n) is 4.42. The minimum Gasteiger partial charge on any atom is -0.309 e. The van der Waals surface area contributed by atoms with E-state index in [1.165, 1.54) is 38.3 Å². The van der Waals surface area contributed by atoms with E-state index in [0.717, 1.165) is 4.47 Å². The smallest absolute Gasteiger partial charge is 0.0548 e. The number of halogens is 1. The Morgan fingerprint density at radius 3 is 2.32 bits per heavy atom. The fourth-order valence-corrected chi connectivity index (χ4v) is 3.97. The average Bonchev–Trinajstić information content (AvgIpc) is 2.91. The third kappa shape index (κ3) is 1.48. The van der Waals surface area contributed by atoms with Gasteiger partial charge in [0.05, 0.1) is 11.0 Å². The molecule has 0 saturated carbocycles. The average molecular weight is 346 g/mol. The van der Waals surface area contributed by atoms with Gasteiger partial charge in [-0.25, -0.2) is 0 Å². The predicted molar refractivity (Wildman–Crippen MR) is 97.2 cm³/mol. The van der Waals surface area contributed by atoms with Gasteiger partial charge >= 0.3 is 0 Å². The van der Waals surface area contributed by atoms with E-state index in [2.05, 4.69) is 93.3 Å². The molecule has 22 heavy (non-hydrogen) atoms. The zero-order valence-corrected chi connectivity index (χ0v) is 13.3. The Morgan fingerprint density at radius 2 is 1.45 bits per heavy atom. The van der Waals surface area contributed by atoms with Crippen LogP contribution in [0.1, 0.15) is 0 Å². The Morgan fingerprint density at radius 1 is 0.636 bits per heavy atom. The highest BCUT2D eigenvalue weighted by molar-refractivity contribution is 9.10. The largest absolute Gasteiger partial charge is 0.309 e. The summed E-state index contributed by atoms with van der Waals surface area (Å²) in [6, 6.07) is 25.9. The van der Waals surface area contributed by atoms with Crippen molar-refractivity contribution in [3.8, 4) is 5.69 Å². The quantitative estimate of drug-likeness (QED) is 0.321. The van der Waals surface area contributed by atoms with Crippen molar-refractivity contribution in [3.05, 3.63) is 77.3 Å². The van der Waals surface area contributed by atoms with Gasteiger partial charge in [-0.15, -0.1) is 0 Å². The van der Waals surface area contributed by atoms with Crippen molar-refractivity contribution in [1.29, 1.82) is 0 Å². The molecule has 0 aliphatic heterocycles. The SMILES string of the molecule is Brc1ccc2c3c1ccc1cccc(c13)n2-c1ccccc1. The standard InChI is InChI=1S/C20H12BrN/c21-16-11-12-18-20-15(16)10-9-13-5-4-8-17(19(13)20)22(18)14-6-2-1-3-7-14/h1-12H. The van der Waals surface area contributed by atoms with Gasteiger partial charge < -0.3 is 4.57 Å². The lowest BCUT2D eigenvalue weighted by molar-refractivity contribution is 1.18. The van der Waals surface area contributed by atoms with Crippen molar-refractivity contribution in [2.75, 3.05) is 0 Å². The fourth-order valence-electron chi connectivity index (χ4n) is 3.51. The van der Waals surface area contributed by atoms with Crippen LogP contribution in [0.25, 0.3) is 38.3 Å². The minimum absolute atomic E-state index is 1.15. The lowest BCUT2D eigenvalue weighted by Gasteiger charge is -2.07. The molecule has 0 spiro atoms. The number of para-hydroxylation sites is 1. The van der Waals surface area contributed by atoms with Crippen LogP contribution in [0.15, 0.2) is 77.3 Å². The molecule has 0 radical (unpaired) electrons. The normalized spacial score (nSPS) is 11.9. The highest BCUT2D eigenvalue weighted by Gasteiger charge is 2.16. The summed E-state index contributed by atoms with van der Waals surface area (Å²) in [5.41, 5.74) is 3.73. The van der Waals surface area contributed by atoms with Crippen LogP contribution in [0.2, 0.25) is 0 Å². The molecule has 0 bridgehead atoms. The Bertz CT molecular complexity index is 1120. The summed E-state index contributed by atoms with van der Waals surface area (Å²) >= 11 is 3.70. The number of aromatic nitrogens is 1. The van der Waals surface area contributed by atoms with Crippen LogP contribution in [0.5, 0.6) is 0 Å². The first-order chi connectivity index (χ1) is 10.8. The summed E-state index contributed by atoms with van der Waals surface area (Å²) in [5.74, 6) is 0. The van der Waals surface area contributed by atoms with Gasteiger partial charge in [-0.1, -0.05) is 58.4 Å². The monoisotopic (exact) mass is 345 g/mol. The van der Waals surface area contributed by atoms with Crippen molar-refractivity contribution < 1.29 is 0 Å². The van der Waals surface area contributed by atoms with Crippen molar-refractivity contribution in [3.63, 3.8) is 0 Å². The van der Waals surface area contributed by atoms with Gasteiger partial charge in [-0.3, -0.25) is 0 Å². The van der Waals surface area contributed by atoms with Gasteiger partial charge in [0.1, 0.15) is 0 Å². The first-order valence-corrected chi connectivity index (χ1v) is 8.13. The van der Waals surface area contributed by atoms with Crippen molar-refractivity contribution in [2.24, 2.45) is 0 Å². The molecule has 5 rings (SSSR count). The maximum atomic E-state index is 3.70. The molecule has 0 fully saturated rings. The van der Waals surface area contributed by atoms with E-state index in [0.29, 0.717) is 0 Å². The summed E-state index contributed by atoms with van der Waals surface area (Å²) in [6.45, 7) is 0. The second kappa shape index (κ2) is 4.34. The lowest BCUT2D eigenvalue weighted by Crippen LogP contribution is -1.92. The number of hydrogen-bond donors (Lipinski definition) is 0. The van der Waals surface area contributed by atoms with Crippen LogP contribution in [0, 0.1) is 0 Å². The number of nitrogens with zero attached hydrogens (tertiary/aromatic N) is 1. The fraction of sp³-hybridized carbons (Fsp3) is 0. The molecule has 1 aromatic heterocycles. The summed E-state index contributed by atoms with van der Waals surface area (Å²) in [5, 5.41) is 5.25. The van der Waals surface area contributed by atoms with Crippen molar-refractivity contribution >= 4 is 48.5 Å². The van der Waals surface area contributed by atoms with Gasteiger partial charge in [-0.2, -0.15) is 0 Å². The molecule has 1 nitrogen and oxygen atoms in total. The van der Waals surface area contributed by atoms with Crippen molar-refractivity contribution in [2.45, 2.75) is 0 Å². The molecule has 0 N–H and O–H groups in total. The highest BCUT2D eigenvalue weighted by Crippen LogP contribution is 2.40. The van der Waals surface area contributed by atoms with Crippen LogP contribution in [0.3, 0.4) is 0 Å². The van der Waals surface area contributed by atoms with Crippen LogP contribution < -0.4 is 0 Å². The Hall–Kier alpha value is -2.32. The second-order valence-corrected chi connectivity index (χ2v) is 6.46. The Kier molecular flexibility index (Phi) is 2.42. The minimum atomic E-state index is 1.15. The zero-order chi connectivity index (χ0) is 14.7. The Labute approximate surface area is 136 Å².